The summed E-state index contributed by atoms with van der Waals surface area (Å²) in [5, 5.41) is 0.117. The van der Waals surface area contributed by atoms with Crippen molar-refractivity contribution >= 4 is 27.4 Å². The van der Waals surface area contributed by atoms with Crippen molar-refractivity contribution in [2.45, 2.75) is 18.7 Å². The van der Waals surface area contributed by atoms with Crippen molar-refractivity contribution in [3.63, 3.8) is 0 Å². The van der Waals surface area contributed by atoms with Crippen molar-refractivity contribution in [1.82, 2.24) is 0 Å². The maximum atomic E-state index is 11.5. The molecular formula is C11H13ClO4S. The number of ether oxygens (including phenoxy) is 1. The second-order valence-electron chi connectivity index (χ2n) is 3.54. The molecule has 0 fully saturated rings. The van der Waals surface area contributed by atoms with Crippen LogP contribution in [-0.2, 0) is 14.6 Å². The van der Waals surface area contributed by atoms with Gasteiger partial charge in [-0.25, -0.2) is 13.2 Å². The first-order valence-corrected chi connectivity index (χ1v) is 7.22. The van der Waals surface area contributed by atoms with E-state index >= 15 is 0 Å². The van der Waals surface area contributed by atoms with E-state index in [4.69, 9.17) is 16.3 Å². The van der Waals surface area contributed by atoms with Gasteiger partial charge in [-0.15, -0.1) is 0 Å². The second kappa shape index (κ2) is 5.06. The molecule has 0 bridgehead atoms. The van der Waals surface area contributed by atoms with E-state index in [0.29, 0.717) is 5.56 Å². The third-order valence-electron chi connectivity index (χ3n) is 2.23. The minimum absolute atomic E-state index is 0.117. The van der Waals surface area contributed by atoms with Crippen LogP contribution in [0.2, 0.25) is 5.02 Å². The summed E-state index contributed by atoms with van der Waals surface area (Å²) in [7, 11) is -3.35. The number of hydrogen-bond donors (Lipinski definition) is 0. The third kappa shape index (κ3) is 2.98. The molecule has 0 saturated carbocycles. The molecule has 0 unspecified atom stereocenters. The number of carbonyl (C=O) groups excluding carboxylic acids is 1. The maximum Gasteiger partial charge on any atom is 0.339 e. The van der Waals surface area contributed by atoms with E-state index in [1.807, 2.05) is 0 Å². The summed E-state index contributed by atoms with van der Waals surface area (Å²) in [5.41, 5.74) is 0.540. The van der Waals surface area contributed by atoms with Gasteiger partial charge < -0.3 is 4.74 Å². The fourth-order valence-corrected chi connectivity index (χ4v) is 2.71. The van der Waals surface area contributed by atoms with E-state index in [2.05, 4.69) is 0 Å². The largest absolute Gasteiger partial charge is 0.462 e. The van der Waals surface area contributed by atoms with Gasteiger partial charge in [0.15, 0.2) is 9.84 Å². The molecule has 0 aliphatic carbocycles. The normalized spacial score (nSPS) is 11.3. The van der Waals surface area contributed by atoms with E-state index < -0.39 is 15.8 Å². The summed E-state index contributed by atoms with van der Waals surface area (Å²) in [6.45, 7) is 3.48. The van der Waals surface area contributed by atoms with Crippen LogP contribution in [0, 0.1) is 6.92 Å². The Morgan fingerprint density at radius 3 is 2.47 bits per heavy atom. The molecule has 6 heteroatoms. The molecule has 0 aliphatic rings. The van der Waals surface area contributed by atoms with Crippen LogP contribution in [-0.4, -0.2) is 27.2 Å². The van der Waals surface area contributed by atoms with Crippen LogP contribution >= 0.6 is 11.6 Å². The SMILES string of the molecule is CCOC(=O)c1ccc(S(C)(=O)=O)c(C)c1Cl. The fourth-order valence-electron chi connectivity index (χ4n) is 1.44. The van der Waals surface area contributed by atoms with Gasteiger partial charge in [0.2, 0.25) is 0 Å². The van der Waals surface area contributed by atoms with Crippen LogP contribution < -0.4 is 0 Å². The topological polar surface area (TPSA) is 60.4 Å². The molecule has 94 valence electrons. The van der Waals surface area contributed by atoms with Crippen molar-refractivity contribution in [2.75, 3.05) is 12.9 Å². The highest BCUT2D eigenvalue weighted by molar-refractivity contribution is 7.90. The summed E-state index contributed by atoms with van der Waals surface area (Å²) in [6, 6.07) is 2.73. The van der Waals surface area contributed by atoms with E-state index in [9.17, 15) is 13.2 Å². The van der Waals surface area contributed by atoms with Gasteiger partial charge in [-0.3, -0.25) is 0 Å². The molecule has 0 spiro atoms. The number of rotatable bonds is 3. The van der Waals surface area contributed by atoms with Crippen LogP contribution in [0.1, 0.15) is 22.8 Å². The van der Waals surface area contributed by atoms with Gasteiger partial charge in [0, 0.05) is 6.26 Å². The average Bonchev–Trinajstić information content (AvgIpc) is 2.20. The summed E-state index contributed by atoms with van der Waals surface area (Å²) < 4.78 is 27.7. The van der Waals surface area contributed by atoms with E-state index in [1.54, 1.807) is 13.8 Å². The lowest BCUT2D eigenvalue weighted by Crippen LogP contribution is -2.08. The molecule has 0 radical (unpaired) electrons. The molecule has 17 heavy (non-hydrogen) atoms. The second-order valence-corrected chi connectivity index (χ2v) is 5.90. The first-order chi connectivity index (χ1) is 7.79. The van der Waals surface area contributed by atoms with Gasteiger partial charge in [-0.1, -0.05) is 11.6 Å². The molecule has 0 amide bonds. The Kier molecular flexibility index (Phi) is 4.16. The molecule has 4 nitrogen and oxygen atoms in total. The molecule has 0 N–H and O–H groups in total. The zero-order chi connectivity index (χ0) is 13.2. The van der Waals surface area contributed by atoms with Crippen LogP contribution in [0.3, 0.4) is 0 Å². The van der Waals surface area contributed by atoms with Gasteiger partial charge in [0.1, 0.15) is 0 Å². The lowest BCUT2D eigenvalue weighted by atomic mass is 10.1. The predicted molar refractivity (Wildman–Crippen MR) is 65.3 cm³/mol. The Hall–Kier alpha value is -1.07. The van der Waals surface area contributed by atoms with E-state index in [0.717, 1.165) is 6.26 Å². The van der Waals surface area contributed by atoms with Crippen LogP contribution in [0.15, 0.2) is 17.0 Å². The highest BCUT2D eigenvalue weighted by atomic mass is 35.5. The Morgan fingerprint density at radius 1 is 1.41 bits per heavy atom. The van der Waals surface area contributed by atoms with Gasteiger partial charge in [-0.2, -0.15) is 0 Å². The van der Waals surface area contributed by atoms with E-state index in [1.165, 1.54) is 12.1 Å². The van der Waals surface area contributed by atoms with Crippen LogP contribution in [0.25, 0.3) is 0 Å². The summed E-state index contributed by atoms with van der Waals surface area (Å²) in [5.74, 6) is -0.555. The maximum absolute atomic E-state index is 11.5. The van der Waals surface area contributed by atoms with Gasteiger partial charge in [-0.05, 0) is 31.5 Å². The van der Waals surface area contributed by atoms with Gasteiger partial charge >= 0.3 is 5.97 Å². The first-order valence-electron chi connectivity index (χ1n) is 4.95. The van der Waals surface area contributed by atoms with Crippen LogP contribution in [0.4, 0.5) is 0 Å². The molecule has 0 atom stereocenters. The summed E-state index contributed by atoms with van der Waals surface area (Å²) in [4.78, 5) is 11.6. The molecule has 1 aromatic carbocycles. The highest BCUT2D eigenvalue weighted by Gasteiger charge is 2.19. The fraction of sp³-hybridized carbons (Fsp3) is 0.364. The predicted octanol–water partition coefficient (Wildman–Crippen LogP) is 2.23. The van der Waals surface area contributed by atoms with Crippen molar-refractivity contribution in [3.05, 3.63) is 28.3 Å². The third-order valence-corrected chi connectivity index (χ3v) is 3.96. The number of esters is 1. The first kappa shape index (κ1) is 14.0. The standard InChI is InChI=1S/C11H13ClO4S/c1-4-16-11(13)8-5-6-9(17(3,14)15)7(2)10(8)12/h5-6H,4H2,1-3H3. The minimum Gasteiger partial charge on any atom is -0.462 e. The van der Waals surface area contributed by atoms with Gasteiger partial charge in [0.25, 0.3) is 0 Å². The molecular weight excluding hydrogens is 264 g/mol. The molecule has 1 rings (SSSR count). The van der Waals surface area contributed by atoms with Crippen LogP contribution in [0.5, 0.6) is 0 Å². The van der Waals surface area contributed by atoms with Crippen molar-refractivity contribution in [3.8, 4) is 0 Å². The van der Waals surface area contributed by atoms with Crippen molar-refractivity contribution < 1.29 is 17.9 Å². The number of halogens is 1. The molecule has 0 aliphatic heterocycles. The number of sulfone groups is 1. The molecule has 1 aromatic rings. The molecule has 0 saturated heterocycles. The Balaban J connectivity index is 3.34. The summed E-state index contributed by atoms with van der Waals surface area (Å²) in [6.07, 6.45) is 1.09. The highest BCUT2D eigenvalue weighted by Crippen LogP contribution is 2.27. The zero-order valence-electron chi connectivity index (χ0n) is 9.78. The molecule has 0 aromatic heterocycles. The van der Waals surface area contributed by atoms with Crippen molar-refractivity contribution in [2.24, 2.45) is 0 Å². The number of hydrogen-bond acceptors (Lipinski definition) is 4. The van der Waals surface area contributed by atoms with E-state index in [-0.39, 0.29) is 22.1 Å². The minimum atomic E-state index is -3.35. The smallest absolute Gasteiger partial charge is 0.339 e. The molecule has 0 heterocycles. The number of carbonyl (C=O) groups is 1. The monoisotopic (exact) mass is 276 g/mol. The van der Waals surface area contributed by atoms with Crippen molar-refractivity contribution in [1.29, 1.82) is 0 Å². The van der Waals surface area contributed by atoms with Gasteiger partial charge in [0.05, 0.1) is 22.1 Å². The lowest BCUT2D eigenvalue weighted by Gasteiger charge is -2.09. The zero-order valence-corrected chi connectivity index (χ0v) is 11.4. The Labute approximate surface area is 105 Å². The summed E-state index contributed by atoms with van der Waals surface area (Å²) >= 11 is 5.97. The average molecular weight is 277 g/mol. The quantitative estimate of drug-likeness (QED) is 0.794. The Morgan fingerprint density at radius 2 is 2.00 bits per heavy atom. The number of benzene rings is 1. The lowest BCUT2D eigenvalue weighted by molar-refractivity contribution is 0.0526. The Bertz CT molecular complexity index is 549.